The van der Waals surface area contributed by atoms with E-state index < -0.39 is 5.69 Å². The normalized spacial score (nSPS) is 11.0. The Morgan fingerprint density at radius 1 is 1.06 bits per heavy atom. The lowest BCUT2D eigenvalue weighted by Crippen LogP contribution is -2.28. The van der Waals surface area contributed by atoms with Crippen molar-refractivity contribution in [2.24, 2.45) is 0 Å². The number of anilines is 1. The molecule has 0 radical (unpaired) electrons. The van der Waals surface area contributed by atoms with Gasteiger partial charge in [0.2, 0.25) is 11.6 Å². The SMILES string of the molecule is CCOc1ccc(NC(=O)Cn2nc3c(Oc4ccc(C(C)C)cc4)nccn3c2=O)cc1. The van der Waals surface area contributed by atoms with Gasteiger partial charge in [0, 0.05) is 18.1 Å². The van der Waals surface area contributed by atoms with Crippen molar-refractivity contribution in [1.29, 1.82) is 0 Å². The van der Waals surface area contributed by atoms with E-state index in [1.807, 2.05) is 31.2 Å². The van der Waals surface area contributed by atoms with E-state index in [0.29, 0.717) is 29.7 Å². The van der Waals surface area contributed by atoms with Gasteiger partial charge in [0.05, 0.1) is 6.61 Å². The molecule has 0 aliphatic carbocycles. The minimum atomic E-state index is -0.464. The molecule has 2 aromatic carbocycles. The van der Waals surface area contributed by atoms with E-state index in [1.54, 1.807) is 24.3 Å². The van der Waals surface area contributed by atoms with E-state index in [1.165, 1.54) is 22.4 Å². The van der Waals surface area contributed by atoms with E-state index in [0.717, 1.165) is 4.68 Å². The van der Waals surface area contributed by atoms with Crippen LogP contribution in [0.25, 0.3) is 5.65 Å². The molecule has 0 aliphatic rings. The Balaban J connectivity index is 1.51. The number of rotatable bonds is 8. The maximum absolute atomic E-state index is 12.7. The molecule has 1 N–H and O–H groups in total. The van der Waals surface area contributed by atoms with Crippen LogP contribution in [0, 0.1) is 0 Å². The summed E-state index contributed by atoms with van der Waals surface area (Å²) in [6.07, 6.45) is 2.94. The molecular formula is C24H25N5O4. The maximum atomic E-state index is 12.7. The number of benzene rings is 2. The van der Waals surface area contributed by atoms with E-state index in [-0.39, 0.29) is 24.0 Å². The third kappa shape index (κ3) is 5.03. The minimum absolute atomic E-state index is 0.178. The Morgan fingerprint density at radius 3 is 2.42 bits per heavy atom. The Labute approximate surface area is 190 Å². The molecular weight excluding hydrogens is 422 g/mol. The van der Waals surface area contributed by atoms with E-state index in [4.69, 9.17) is 9.47 Å². The molecule has 170 valence electrons. The second-order valence-electron chi connectivity index (χ2n) is 7.70. The van der Waals surface area contributed by atoms with Gasteiger partial charge in [-0.1, -0.05) is 26.0 Å². The second kappa shape index (κ2) is 9.56. The van der Waals surface area contributed by atoms with Crippen LogP contribution < -0.4 is 20.5 Å². The molecule has 4 rings (SSSR count). The molecule has 0 fully saturated rings. The fourth-order valence-electron chi connectivity index (χ4n) is 3.27. The third-order valence-electron chi connectivity index (χ3n) is 4.97. The van der Waals surface area contributed by atoms with Crippen LogP contribution >= 0.6 is 0 Å². The first-order valence-corrected chi connectivity index (χ1v) is 10.7. The standard InChI is InChI=1S/C24H25N5O4/c1-4-32-19-11-7-18(8-12-19)26-21(30)15-29-24(31)28-14-13-25-23(22(28)27-29)33-20-9-5-17(6-10-20)16(2)3/h5-14,16H,4,15H2,1-3H3,(H,26,30). The number of carbonyl (C=O) groups excluding carboxylic acids is 1. The molecule has 0 spiro atoms. The summed E-state index contributed by atoms with van der Waals surface area (Å²) in [6, 6.07) is 14.6. The molecule has 2 heterocycles. The minimum Gasteiger partial charge on any atom is -0.494 e. The van der Waals surface area contributed by atoms with Crippen molar-refractivity contribution in [3.8, 4) is 17.4 Å². The van der Waals surface area contributed by atoms with Crippen LogP contribution in [0.4, 0.5) is 5.69 Å². The molecule has 33 heavy (non-hydrogen) atoms. The zero-order chi connectivity index (χ0) is 23.4. The molecule has 0 saturated heterocycles. The quantitative estimate of drug-likeness (QED) is 0.441. The Bertz CT molecular complexity index is 1310. The van der Waals surface area contributed by atoms with Crippen LogP contribution in [0.3, 0.4) is 0 Å². The highest BCUT2D eigenvalue weighted by Crippen LogP contribution is 2.24. The second-order valence-corrected chi connectivity index (χ2v) is 7.70. The van der Waals surface area contributed by atoms with Gasteiger partial charge in [-0.3, -0.25) is 4.79 Å². The lowest BCUT2D eigenvalue weighted by Gasteiger charge is -2.08. The number of amides is 1. The van der Waals surface area contributed by atoms with Crippen LogP contribution in [-0.2, 0) is 11.3 Å². The number of ether oxygens (including phenoxy) is 2. The zero-order valence-electron chi connectivity index (χ0n) is 18.7. The highest BCUT2D eigenvalue weighted by Gasteiger charge is 2.16. The largest absolute Gasteiger partial charge is 0.494 e. The predicted molar refractivity (Wildman–Crippen MR) is 124 cm³/mol. The summed E-state index contributed by atoms with van der Waals surface area (Å²) in [5.41, 5.74) is 1.54. The zero-order valence-corrected chi connectivity index (χ0v) is 18.7. The Hall–Kier alpha value is -4.14. The average molecular weight is 447 g/mol. The van der Waals surface area contributed by atoms with Crippen LogP contribution in [0.15, 0.2) is 65.7 Å². The van der Waals surface area contributed by atoms with Crippen molar-refractivity contribution in [3.63, 3.8) is 0 Å². The number of nitrogens with zero attached hydrogens (tertiary/aromatic N) is 4. The van der Waals surface area contributed by atoms with Gasteiger partial charge in [-0.25, -0.2) is 18.9 Å². The van der Waals surface area contributed by atoms with Crippen LogP contribution in [-0.4, -0.2) is 31.7 Å². The molecule has 0 saturated carbocycles. The topological polar surface area (TPSA) is 99.8 Å². The summed E-state index contributed by atoms with van der Waals surface area (Å²) in [6.45, 7) is 6.44. The molecule has 0 bridgehead atoms. The highest BCUT2D eigenvalue weighted by atomic mass is 16.5. The number of aromatic nitrogens is 4. The lowest BCUT2D eigenvalue weighted by atomic mass is 10.0. The summed E-state index contributed by atoms with van der Waals surface area (Å²) < 4.78 is 13.6. The Morgan fingerprint density at radius 2 is 1.76 bits per heavy atom. The lowest BCUT2D eigenvalue weighted by molar-refractivity contribution is -0.117. The first kappa shape index (κ1) is 22.1. The van der Waals surface area contributed by atoms with Gasteiger partial charge in [-0.2, -0.15) is 0 Å². The molecule has 4 aromatic rings. The van der Waals surface area contributed by atoms with Crippen molar-refractivity contribution in [2.45, 2.75) is 33.2 Å². The van der Waals surface area contributed by atoms with Gasteiger partial charge in [0.1, 0.15) is 18.0 Å². The van der Waals surface area contributed by atoms with E-state index >= 15 is 0 Å². The molecule has 0 atom stereocenters. The van der Waals surface area contributed by atoms with Crippen molar-refractivity contribution in [1.82, 2.24) is 19.2 Å². The summed E-state index contributed by atoms with van der Waals surface area (Å²) in [7, 11) is 0. The fraction of sp³-hybridized carbons (Fsp3) is 0.250. The highest BCUT2D eigenvalue weighted by molar-refractivity contribution is 5.90. The first-order valence-electron chi connectivity index (χ1n) is 10.7. The van der Waals surface area contributed by atoms with Crippen molar-refractivity contribution < 1.29 is 14.3 Å². The van der Waals surface area contributed by atoms with Crippen LogP contribution in [0.1, 0.15) is 32.3 Å². The monoisotopic (exact) mass is 447 g/mol. The van der Waals surface area contributed by atoms with Gasteiger partial charge in [-0.15, -0.1) is 5.10 Å². The summed E-state index contributed by atoms with van der Waals surface area (Å²) in [5.74, 6) is 1.49. The fourth-order valence-corrected chi connectivity index (χ4v) is 3.27. The smallest absolute Gasteiger partial charge is 0.351 e. The van der Waals surface area contributed by atoms with Gasteiger partial charge in [-0.05, 0) is 54.8 Å². The predicted octanol–water partition coefficient (Wildman–Crippen LogP) is 3.84. The molecule has 9 nitrogen and oxygen atoms in total. The van der Waals surface area contributed by atoms with Crippen molar-refractivity contribution >= 4 is 17.2 Å². The third-order valence-corrected chi connectivity index (χ3v) is 4.97. The van der Waals surface area contributed by atoms with Gasteiger partial charge in [0.25, 0.3) is 5.88 Å². The summed E-state index contributed by atoms with van der Waals surface area (Å²) >= 11 is 0. The number of nitrogens with one attached hydrogen (secondary N) is 1. The molecule has 1 amide bonds. The molecule has 0 aliphatic heterocycles. The molecule has 2 aromatic heterocycles. The first-order chi connectivity index (χ1) is 15.9. The van der Waals surface area contributed by atoms with Crippen LogP contribution in [0.2, 0.25) is 0 Å². The van der Waals surface area contributed by atoms with Gasteiger partial charge in [0.15, 0.2) is 0 Å². The van der Waals surface area contributed by atoms with Crippen molar-refractivity contribution in [3.05, 3.63) is 77.0 Å². The number of carbonyl (C=O) groups is 1. The molecule has 0 unspecified atom stereocenters. The van der Waals surface area contributed by atoms with Crippen molar-refractivity contribution in [2.75, 3.05) is 11.9 Å². The van der Waals surface area contributed by atoms with Gasteiger partial charge < -0.3 is 14.8 Å². The Kier molecular flexibility index (Phi) is 6.39. The van der Waals surface area contributed by atoms with Crippen LogP contribution in [0.5, 0.6) is 17.4 Å². The number of hydrogen-bond acceptors (Lipinski definition) is 6. The average Bonchev–Trinajstić information content (AvgIpc) is 3.12. The van der Waals surface area contributed by atoms with E-state index in [2.05, 4.69) is 29.2 Å². The van der Waals surface area contributed by atoms with Gasteiger partial charge >= 0.3 is 5.69 Å². The number of hydrogen-bond donors (Lipinski definition) is 1. The summed E-state index contributed by atoms with van der Waals surface area (Å²) in [5, 5.41) is 7.02. The molecule has 9 heteroatoms. The van der Waals surface area contributed by atoms with E-state index in [9.17, 15) is 9.59 Å². The number of fused-ring (bicyclic) bond motifs is 1. The maximum Gasteiger partial charge on any atom is 0.351 e. The summed E-state index contributed by atoms with van der Waals surface area (Å²) in [4.78, 5) is 29.4.